The smallest absolute Gasteiger partial charge is 0.390 e. The van der Waals surface area contributed by atoms with Gasteiger partial charge in [0.1, 0.15) is 0 Å². The van der Waals surface area contributed by atoms with Crippen LogP contribution < -0.4 is 10.6 Å². The molecule has 0 aromatic heterocycles. The van der Waals surface area contributed by atoms with Gasteiger partial charge in [-0.05, 0) is 38.1 Å². The number of piperidine rings is 1. The molecular formula is C18H24F3N3O3S. The van der Waals surface area contributed by atoms with Crippen molar-refractivity contribution in [3.05, 3.63) is 24.3 Å². The number of halogens is 3. The molecule has 28 heavy (non-hydrogen) atoms. The fourth-order valence-corrected chi connectivity index (χ4v) is 3.60. The van der Waals surface area contributed by atoms with E-state index >= 15 is 0 Å². The zero-order valence-electron chi connectivity index (χ0n) is 15.3. The topological polar surface area (TPSA) is 81.7 Å². The molecule has 1 aliphatic heterocycles. The highest BCUT2D eigenvalue weighted by atomic mass is 32.2. The minimum absolute atomic E-state index is 0.0762. The summed E-state index contributed by atoms with van der Waals surface area (Å²) in [4.78, 5) is 26.3. The van der Waals surface area contributed by atoms with Crippen molar-refractivity contribution in [3.8, 4) is 0 Å². The van der Waals surface area contributed by atoms with E-state index in [9.17, 15) is 27.9 Å². The van der Waals surface area contributed by atoms with Crippen molar-refractivity contribution in [1.29, 1.82) is 0 Å². The number of likely N-dealkylation sites (tertiary alicyclic amines) is 1. The van der Waals surface area contributed by atoms with Crippen LogP contribution >= 0.6 is 11.8 Å². The summed E-state index contributed by atoms with van der Waals surface area (Å²) in [6.07, 6.45) is -1.82. The Morgan fingerprint density at radius 1 is 1.14 bits per heavy atom. The first-order chi connectivity index (χ1) is 13.2. The predicted octanol–water partition coefficient (Wildman–Crippen LogP) is 2.24. The van der Waals surface area contributed by atoms with Gasteiger partial charge in [0.25, 0.3) is 0 Å². The second-order valence-electron chi connectivity index (χ2n) is 6.58. The Morgan fingerprint density at radius 2 is 1.82 bits per heavy atom. The number of carbonyl (C=O) groups is 2. The molecule has 0 unspecified atom stereocenters. The Balaban J connectivity index is 1.81. The van der Waals surface area contributed by atoms with Crippen molar-refractivity contribution in [1.82, 2.24) is 10.2 Å². The van der Waals surface area contributed by atoms with Gasteiger partial charge in [0.2, 0.25) is 0 Å². The van der Waals surface area contributed by atoms with Crippen molar-refractivity contribution in [3.63, 3.8) is 0 Å². The number of alkyl halides is 3. The molecule has 1 heterocycles. The zero-order chi connectivity index (χ0) is 20.6. The van der Waals surface area contributed by atoms with Gasteiger partial charge in [-0.2, -0.15) is 13.2 Å². The van der Waals surface area contributed by atoms with Gasteiger partial charge in [0.15, 0.2) is 0 Å². The third kappa shape index (κ3) is 8.07. The van der Waals surface area contributed by atoms with Crippen LogP contribution in [0.1, 0.15) is 19.3 Å². The van der Waals surface area contributed by atoms with Crippen LogP contribution in [0.5, 0.6) is 0 Å². The van der Waals surface area contributed by atoms with Crippen molar-refractivity contribution in [2.45, 2.75) is 36.4 Å². The predicted molar refractivity (Wildman–Crippen MR) is 101 cm³/mol. The number of thioether (sulfide) groups is 1. The number of hydrogen-bond donors (Lipinski definition) is 3. The van der Waals surface area contributed by atoms with Crippen LogP contribution in [-0.4, -0.2) is 66.0 Å². The minimum atomic E-state index is -4.34. The maximum Gasteiger partial charge on any atom is 0.398 e. The summed E-state index contributed by atoms with van der Waals surface area (Å²) in [7, 11) is 0. The van der Waals surface area contributed by atoms with Gasteiger partial charge in [-0.1, -0.05) is 18.6 Å². The molecule has 0 saturated carbocycles. The van der Waals surface area contributed by atoms with Crippen molar-refractivity contribution >= 4 is 29.3 Å². The number of rotatable bonds is 7. The first-order valence-electron chi connectivity index (χ1n) is 9.03. The van der Waals surface area contributed by atoms with Crippen LogP contribution in [0.3, 0.4) is 0 Å². The van der Waals surface area contributed by atoms with Crippen LogP contribution in [0.15, 0.2) is 29.2 Å². The number of aliphatic hydroxyl groups is 1. The van der Waals surface area contributed by atoms with Gasteiger partial charge in [-0.3, -0.25) is 9.59 Å². The fourth-order valence-electron chi connectivity index (χ4n) is 2.83. The Bertz CT molecular complexity index is 667. The molecule has 0 spiro atoms. The molecule has 0 aliphatic carbocycles. The number of anilines is 1. The van der Waals surface area contributed by atoms with Crippen LogP contribution in [0.2, 0.25) is 0 Å². The number of nitrogens with one attached hydrogen (secondary N) is 2. The number of benzene rings is 1. The largest absolute Gasteiger partial charge is 0.398 e. The molecule has 1 aromatic rings. The summed E-state index contributed by atoms with van der Waals surface area (Å²) in [5, 5.41) is 14.7. The lowest BCUT2D eigenvalue weighted by Gasteiger charge is -2.28. The second kappa shape index (κ2) is 10.7. The molecule has 1 aliphatic rings. The summed E-state index contributed by atoms with van der Waals surface area (Å²) < 4.78 is 37.2. The molecule has 1 atom stereocenters. The van der Waals surface area contributed by atoms with E-state index in [0.29, 0.717) is 18.3 Å². The summed E-state index contributed by atoms with van der Waals surface area (Å²) in [6, 6.07) is 5.96. The van der Waals surface area contributed by atoms with E-state index in [0.717, 1.165) is 25.9 Å². The van der Waals surface area contributed by atoms with E-state index in [4.69, 9.17) is 0 Å². The molecule has 6 nitrogen and oxygen atoms in total. The van der Waals surface area contributed by atoms with Gasteiger partial charge < -0.3 is 20.6 Å². The van der Waals surface area contributed by atoms with Gasteiger partial charge in [-0.25, -0.2) is 0 Å². The number of aliphatic hydroxyl groups excluding tert-OH is 1. The molecule has 10 heteroatoms. The highest BCUT2D eigenvalue weighted by Crippen LogP contribution is 2.32. The monoisotopic (exact) mass is 419 g/mol. The number of para-hydroxylation sites is 1. The van der Waals surface area contributed by atoms with Gasteiger partial charge in [0, 0.05) is 18.0 Å². The van der Waals surface area contributed by atoms with E-state index in [2.05, 4.69) is 15.5 Å². The highest BCUT2D eigenvalue weighted by Gasteiger charge is 2.28. The molecule has 1 aromatic carbocycles. The summed E-state index contributed by atoms with van der Waals surface area (Å²) >= 11 is 0.528. The lowest BCUT2D eigenvalue weighted by atomic mass is 10.1. The standard InChI is InChI=1S/C18H24F3N3O3S/c19-18(20,21)12-28-15-7-3-2-6-14(15)23-17(27)16(26)22-10-13(25)11-24-8-4-1-5-9-24/h2-3,6-7,13,25H,1,4-5,8-12H2,(H,22,26)(H,23,27)/t13-/m1/s1. The van der Waals surface area contributed by atoms with E-state index in [1.54, 1.807) is 12.1 Å². The van der Waals surface area contributed by atoms with Crippen LogP contribution in [-0.2, 0) is 9.59 Å². The maximum absolute atomic E-state index is 12.4. The molecule has 2 amide bonds. The number of carbonyl (C=O) groups excluding carboxylic acids is 2. The third-order valence-corrected chi connectivity index (χ3v) is 5.29. The normalized spacial score (nSPS) is 16.4. The van der Waals surface area contributed by atoms with E-state index in [-0.39, 0.29) is 17.1 Å². The van der Waals surface area contributed by atoms with Crippen molar-refractivity contribution in [2.24, 2.45) is 0 Å². The zero-order valence-corrected chi connectivity index (χ0v) is 16.1. The van der Waals surface area contributed by atoms with Crippen molar-refractivity contribution in [2.75, 3.05) is 37.2 Å². The van der Waals surface area contributed by atoms with Gasteiger partial charge >= 0.3 is 18.0 Å². The number of hydrogen-bond acceptors (Lipinski definition) is 5. The Labute approximate surface area is 165 Å². The number of nitrogens with zero attached hydrogens (tertiary/aromatic N) is 1. The molecule has 0 radical (unpaired) electrons. The van der Waals surface area contributed by atoms with Crippen molar-refractivity contribution < 1.29 is 27.9 Å². The average molecular weight is 419 g/mol. The highest BCUT2D eigenvalue weighted by molar-refractivity contribution is 7.99. The first-order valence-corrected chi connectivity index (χ1v) is 10.0. The number of β-amino-alcohol motifs (C(OH)–C–C–N with tert-alkyl or cyclic N) is 1. The molecule has 156 valence electrons. The van der Waals surface area contributed by atoms with Crippen LogP contribution in [0, 0.1) is 0 Å². The molecule has 1 saturated heterocycles. The fraction of sp³-hybridized carbons (Fsp3) is 0.556. The number of amides is 2. The van der Waals surface area contributed by atoms with Crippen LogP contribution in [0.4, 0.5) is 18.9 Å². The Hall–Kier alpha value is -1.78. The van der Waals surface area contributed by atoms with E-state index in [1.165, 1.54) is 18.6 Å². The molecule has 1 fully saturated rings. The second-order valence-corrected chi connectivity index (χ2v) is 7.60. The molecular weight excluding hydrogens is 395 g/mol. The lowest BCUT2D eigenvalue weighted by molar-refractivity contribution is -0.136. The molecule has 2 rings (SSSR count). The van der Waals surface area contributed by atoms with Gasteiger partial charge in [-0.15, -0.1) is 11.8 Å². The van der Waals surface area contributed by atoms with Crippen LogP contribution in [0.25, 0.3) is 0 Å². The van der Waals surface area contributed by atoms with E-state index < -0.39 is 29.8 Å². The first kappa shape index (κ1) is 22.5. The molecule has 3 N–H and O–H groups in total. The maximum atomic E-state index is 12.4. The summed E-state index contributed by atoms with van der Waals surface area (Å²) in [5.41, 5.74) is 0.130. The Morgan fingerprint density at radius 3 is 2.50 bits per heavy atom. The van der Waals surface area contributed by atoms with Gasteiger partial charge in [0.05, 0.1) is 17.5 Å². The third-order valence-electron chi connectivity index (χ3n) is 4.15. The quantitative estimate of drug-likeness (QED) is 0.467. The average Bonchev–Trinajstić information content (AvgIpc) is 2.65. The Kier molecular flexibility index (Phi) is 8.58. The summed E-state index contributed by atoms with van der Waals surface area (Å²) in [6.45, 7) is 2.14. The molecule has 0 bridgehead atoms. The van der Waals surface area contributed by atoms with E-state index in [1.807, 2.05) is 0 Å². The SMILES string of the molecule is O=C(NC[C@@H](O)CN1CCCCC1)C(=O)Nc1ccccc1SCC(F)(F)F. The summed E-state index contributed by atoms with van der Waals surface area (Å²) in [5.74, 6) is -3.05. The lowest BCUT2D eigenvalue weighted by Crippen LogP contribution is -2.44. The minimum Gasteiger partial charge on any atom is -0.390 e.